The number of benzene rings is 1. The minimum absolute atomic E-state index is 0.299. The first-order valence-electron chi connectivity index (χ1n) is 7.47. The molecule has 0 unspecified atom stereocenters. The molecule has 0 aromatic heterocycles. The van der Waals surface area contributed by atoms with Crippen LogP contribution < -0.4 is 4.90 Å². The van der Waals surface area contributed by atoms with Gasteiger partial charge >= 0.3 is 0 Å². The van der Waals surface area contributed by atoms with Crippen LogP contribution in [0, 0.1) is 0 Å². The van der Waals surface area contributed by atoms with Crippen LogP contribution >= 0.6 is 0 Å². The van der Waals surface area contributed by atoms with Gasteiger partial charge in [-0.15, -0.1) is 0 Å². The number of carbonyl (C=O) groups excluding carboxylic acids is 1. The maximum Gasteiger partial charge on any atom is 0.163 e. The number of fused-ring (bicyclic) bond motifs is 2. The lowest BCUT2D eigenvalue weighted by molar-refractivity contribution is 0.0939. The third-order valence-corrected chi connectivity index (χ3v) is 5.03. The summed E-state index contributed by atoms with van der Waals surface area (Å²) in [7, 11) is 4.14. The van der Waals surface area contributed by atoms with Gasteiger partial charge in [-0.25, -0.2) is 0 Å². The molecule has 102 valence electrons. The van der Waals surface area contributed by atoms with Crippen LogP contribution in [-0.2, 0) is 5.41 Å². The highest BCUT2D eigenvalue weighted by Crippen LogP contribution is 2.48. The number of rotatable bonds is 1. The molecule has 2 nitrogen and oxygen atoms in total. The van der Waals surface area contributed by atoms with Gasteiger partial charge in [0.25, 0.3) is 0 Å². The molecule has 0 atom stereocenters. The normalized spacial score (nSPS) is 21.3. The van der Waals surface area contributed by atoms with Crippen molar-refractivity contribution in [3.63, 3.8) is 0 Å². The molecule has 0 N–H and O–H groups in total. The van der Waals surface area contributed by atoms with Crippen LogP contribution in [0.3, 0.4) is 0 Å². The van der Waals surface area contributed by atoms with Gasteiger partial charge < -0.3 is 4.90 Å². The van der Waals surface area contributed by atoms with Crippen molar-refractivity contribution in [1.82, 2.24) is 0 Å². The Morgan fingerprint density at radius 3 is 2.47 bits per heavy atom. The van der Waals surface area contributed by atoms with Crippen molar-refractivity contribution in [3.8, 4) is 0 Å². The fourth-order valence-corrected chi connectivity index (χ4v) is 3.86. The Bertz CT molecular complexity index is 498. The first-order chi connectivity index (χ1) is 9.12. The first-order valence-corrected chi connectivity index (χ1v) is 7.47. The Morgan fingerprint density at radius 1 is 1.05 bits per heavy atom. The van der Waals surface area contributed by atoms with Crippen LogP contribution in [-0.4, -0.2) is 19.9 Å². The van der Waals surface area contributed by atoms with Crippen LogP contribution in [0.4, 0.5) is 5.69 Å². The minimum atomic E-state index is 0.299. The fourth-order valence-electron chi connectivity index (χ4n) is 3.86. The highest BCUT2D eigenvalue weighted by atomic mass is 16.1. The van der Waals surface area contributed by atoms with Crippen LogP contribution in [0.25, 0.3) is 0 Å². The fraction of sp³-hybridized carbons (Fsp3) is 0.588. The van der Waals surface area contributed by atoms with Crippen LogP contribution in [0.5, 0.6) is 0 Å². The topological polar surface area (TPSA) is 20.3 Å². The van der Waals surface area contributed by atoms with Gasteiger partial charge in [-0.2, -0.15) is 0 Å². The summed E-state index contributed by atoms with van der Waals surface area (Å²) >= 11 is 0. The lowest BCUT2D eigenvalue weighted by Crippen LogP contribution is -2.35. The van der Waals surface area contributed by atoms with E-state index in [9.17, 15) is 4.79 Å². The van der Waals surface area contributed by atoms with Crippen molar-refractivity contribution >= 4 is 11.5 Å². The number of ketones is 1. The number of nitrogens with zero attached hydrogens (tertiary/aromatic N) is 1. The second-order valence-corrected chi connectivity index (χ2v) is 6.39. The van der Waals surface area contributed by atoms with Crippen molar-refractivity contribution < 1.29 is 4.79 Å². The average molecular weight is 257 g/mol. The maximum absolute atomic E-state index is 12.2. The summed E-state index contributed by atoms with van der Waals surface area (Å²) in [5, 5.41) is 0. The van der Waals surface area contributed by atoms with E-state index in [1.807, 2.05) is 0 Å². The molecule has 2 aliphatic rings. The Hall–Kier alpha value is -1.31. The Labute approximate surface area is 115 Å². The third-order valence-electron chi connectivity index (χ3n) is 5.03. The summed E-state index contributed by atoms with van der Waals surface area (Å²) in [4.78, 5) is 14.3. The summed E-state index contributed by atoms with van der Waals surface area (Å²) in [5.74, 6) is 0.344. The van der Waals surface area contributed by atoms with Crippen LogP contribution in [0.1, 0.15) is 60.9 Å². The average Bonchev–Trinajstić information content (AvgIpc) is 2.44. The highest BCUT2D eigenvalue weighted by molar-refractivity contribution is 5.99. The van der Waals surface area contributed by atoms with Gasteiger partial charge in [0.1, 0.15) is 0 Å². The molecule has 1 aromatic carbocycles. The van der Waals surface area contributed by atoms with Gasteiger partial charge in [-0.1, -0.05) is 19.3 Å². The van der Waals surface area contributed by atoms with Gasteiger partial charge in [0.15, 0.2) is 5.78 Å². The molecule has 0 amide bonds. The van der Waals surface area contributed by atoms with Gasteiger partial charge in [-0.3, -0.25) is 4.79 Å². The lowest BCUT2D eigenvalue weighted by atomic mass is 9.62. The SMILES string of the molecule is CN(C)c1ccc2c(c1)C1(CCCCC1)CCC2=O. The zero-order valence-corrected chi connectivity index (χ0v) is 12.0. The predicted octanol–water partition coefficient (Wildman–Crippen LogP) is 3.93. The van der Waals surface area contributed by atoms with E-state index in [4.69, 9.17) is 0 Å². The molecule has 0 aliphatic heterocycles. The number of Topliss-reactive ketones (excluding diaryl/α,β-unsaturated/α-hetero) is 1. The summed E-state index contributed by atoms with van der Waals surface area (Å²) in [6, 6.07) is 6.42. The zero-order valence-electron chi connectivity index (χ0n) is 12.0. The molecule has 0 radical (unpaired) electrons. The Kier molecular flexibility index (Phi) is 3.12. The molecule has 1 saturated carbocycles. The van der Waals surface area contributed by atoms with Crippen molar-refractivity contribution in [3.05, 3.63) is 29.3 Å². The van der Waals surface area contributed by atoms with Gasteiger partial charge in [0.05, 0.1) is 0 Å². The number of hydrogen-bond acceptors (Lipinski definition) is 2. The van der Waals surface area contributed by atoms with E-state index in [1.54, 1.807) is 0 Å². The van der Waals surface area contributed by atoms with Gasteiger partial charge in [0.2, 0.25) is 0 Å². The van der Waals surface area contributed by atoms with Crippen LogP contribution in [0.2, 0.25) is 0 Å². The molecular weight excluding hydrogens is 234 g/mol. The van der Waals surface area contributed by atoms with Crippen molar-refractivity contribution in [2.45, 2.75) is 50.4 Å². The van der Waals surface area contributed by atoms with Gasteiger partial charge in [-0.05, 0) is 48.4 Å². The Balaban J connectivity index is 2.11. The maximum atomic E-state index is 12.2. The van der Waals surface area contributed by atoms with E-state index in [0.717, 1.165) is 18.4 Å². The molecule has 0 saturated heterocycles. The minimum Gasteiger partial charge on any atom is -0.378 e. The van der Waals surface area contributed by atoms with E-state index in [1.165, 1.54) is 43.4 Å². The summed E-state index contributed by atoms with van der Waals surface area (Å²) in [6.45, 7) is 0. The summed E-state index contributed by atoms with van der Waals surface area (Å²) in [5.41, 5.74) is 3.86. The molecule has 0 bridgehead atoms. The molecule has 1 fully saturated rings. The Morgan fingerprint density at radius 2 is 1.79 bits per heavy atom. The zero-order chi connectivity index (χ0) is 13.5. The van der Waals surface area contributed by atoms with E-state index in [0.29, 0.717) is 11.2 Å². The predicted molar refractivity (Wildman–Crippen MR) is 79.1 cm³/mol. The standard InChI is InChI=1S/C17H23NO/c1-18(2)13-6-7-14-15(12-13)17(11-8-16(14)19)9-4-3-5-10-17/h6-7,12H,3-5,8-11H2,1-2H3. The smallest absolute Gasteiger partial charge is 0.163 e. The summed E-state index contributed by atoms with van der Waals surface area (Å²) < 4.78 is 0. The monoisotopic (exact) mass is 257 g/mol. The molecule has 1 aromatic rings. The van der Waals surface area contributed by atoms with Crippen molar-refractivity contribution in [2.75, 3.05) is 19.0 Å². The lowest BCUT2D eigenvalue weighted by Gasteiger charge is -2.42. The highest BCUT2D eigenvalue weighted by Gasteiger charge is 2.40. The third kappa shape index (κ3) is 2.07. The number of anilines is 1. The van der Waals surface area contributed by atoms with E-state index in [-0.39, 0.29) is 0 Å². The summed E-state index contributed by atoms with van der Waals surface area (Å²) in [6.07, 6.45) is 8.34. The van der Waals surface area contributed by atoms with Gasteiger partial charge in [0, 0.05) is 31.8 Å². The molecule has 19 heavy (non-hydrogen) atoms. The van der Waals surface area contributed by atoms with E-state index >= 15 is 0 Å². The molecule has 0 heterocycles. The number of hydrogen-bond donors (Lipinski definition) is 0. The van der Waals surface area contributed by atoms with Crippen molar-refractivity contribution in [1.29, 1.82) is 0 Å². The largest absolute Gasteiger partial charge is 0.378 e. The molecule has 2 heteroatoms. The first kappa shape index (κ1) is 12.7. The molecule has 2 aliphatic carbocycles. The number of carbonyl (C=O) groups is 1. The quantitative estimate of drug-likeness (QED) is 0.759. The molecule has 3 rings (SSSR count). The molecular formula is C17H23NO. The van der Waals surface area contributed by atoms with E-state index < -0.39 is 0 Å². The van der Waals surface area contributed by atoms with Crippen LogP contribution in [0.15, 0.2) is 18.2 Å². The second-order valence-electron chi connectivity index (χ2n) is 6.39. The van der Waals surface area contributed by atoms with E-state index in [2.05, 4.69) is 37.2 Å². The molecule has 1 spiro atoms. The second kappa shape index (κ2) is 4.66. The van der Waals surface area contributed by atoms with Crippen molar-refractivity contribution in [2.24, 2.45) is 0 Å².